The maximum atomic E-state index is 12.9. The van der Waals surface area contributed by atoms with Crippen LogP contribution in [0.5, 0.6) is 5.75 Å². The number of hydrogen-bond donors (Lipinski definition) is 1. The van der Waals surface area contributed by atoms with Crippen LogP contribution in [-0.2, 0) is 0 Å². The third kappa shape index (κ3) is 3.00. The first kappa shape index (κ1) is 19.1. The lowest BCUT2D eigenvalue weighted by Gasteiger charge is -2.44. The fourth-order valence-electron chi connectivity index (χ4n) is 4.90. The number of likely N-dealkylation sites (N-methyl/N-ethyl adjacent to an activating group) is 1. The number of amides is 1. The van der Waals surface area contributed by atoms with Crippen molar-refractivity contribution in [3.05, 3.63) is 48.1 Å². The largest absolute Gasteiger partial charge is 0.493 e. The Kier molecular flexibility index (Phi) is 4.16. The van der Waals surface area contributed by atoms with Gasteiger partial charge >= 0.3 is 0 Å². The van der Waals surface area contributed by atoms with Crippen LogP contribution in [0.3, 0.4) is 0 Å². The predicted octanol–water partition coefficient (Wildman–Crippen LogP) is 2.80. The molecule has 9 heteroatoms. The molecule has 164 valence electrons. The van der Waals surface area contributed by atoms with Crippen LogP contribution in [0.2, 0.25) is 0 Å². The van der Waals surface area contributed by atoms with E-state index in [4.69, 9.17) is 14.1 Å². The first-order chi connectivity index (χ1) is 15.5. The van der Waals surface area contributed by atoms with Crippen LogP contribution < -0.4 is 15.0 Å². The van der Waals surface area contributed by atoms with E-state index in [1.165, 1.54) is 0 Å². The fourth-order valence-corrected chi connectivity index (χ4v) is 4.90. The van der Waals surface area contributed by atoms with E-state index in [0.29, 0.717) is 34.2 Å². The molecule has 2 aliphatic heterocycles. The van der Waals surface area contributed by atoms with Gasteiger partial charge in [-0.05, 0) is 26.1 Å². The second-order valence-electron chi connectivity index (χ2n) is 8.73. The Morgan fingerprint density at radius 3 is 2.88 bits per heavy atom. The van der Waals surface area contributed by atoms with E-state index in [9.17, 15) is 4.79 Å². The maximum Gasteiger partial charge on any atom is 0.291 e. The van der Waals surface area contributed by atoms with Gasteiger partial charge in [-0.3, -0.25) is 4.79 Å². The second kappa shape index (κ2) is 6.96. The van der Waals surface area contributed by atoms with Crippen molar-refractivity contribution >= 4 is 34.2 Å². The number of fused-ring (bicyclic) bond motifs is 3. The number of aromatic nitrogens is 3. The van der Waals surface area contributed by atoms with Crippen LogP contribution in [-0.4, -0.2) is 65.0 Å². The summed E-state index contributed by atoms with van der Waals surface area (Å²) in [6.07, 6.45) is 3.68. The van der Waals surface area contributed by atoms with Gasteiger partial charge in [-0.2, -0.15) is 0 Å². The van der Waals surface area contributed by atoms with Crippen molar-refractivity contribution in [3.8, 4) is 5.75 Å². The van der Waals surface area contributed by atoms with Crippen molar-refractivity contribution in [2.24, 2.45) is 5.92 Å². The molecule has 1 N–H and O–H groups in total. The number of pyridine rings is 2. The van der Waals surface area contributed by atoms with Crippen molar-refractivity contribution in [2.45, 2.75) is 13.0 Å². The summed E-state index contributed by atoms with van der Waals surface area (Å²) in [5.74, 6) is 2.11. The lowest BCUT2D eigenvalue weighted by Crippen LogP contribution is -2.56. The van der Waals surface area contributed by atoms with Gasteiger partial charge in [0.25, 0.3) is 5.91 Å². The number of rotatable bonds is 4. The zero-order valence-electron chi connectivity index (χ0n) is 18.2. The van der Waals surface area contributed by atoms with Crippen molar-refractivity contribution in [1.29, 1.82) is 0 Å². The summed E-state index contributed by atoms with van der Waals surface area (Å²) < 4.78 is 13.0. The van der Waals surface area contributed by atoms with Gasteiger partial charge in [0.1, 0.15) is 11.3 Å². The maximum absolute atomic E-state index is 12.9. The lowest BCUT2D eigenvalue weighted by atomic mass is 9.92. The Balaban J connectivity index is 1.25. The standard InChI is InChI=1S/C23H24N6O3/c1-13-8-28-11-15(6-19(31-3)22(28)24-13)25-23(30)20-7-16-18(32-20)4-5-21(26-16)29-10-14-9-27(2)12-17(14)29/h4-8,11,14,17H,9-10,12H2,1-3H3,(H,25,30)/t14-,17-/m1/s1. The third-order valence-corrected chi connectivity index (χ3v) is 6.41. The molecule has 0 spiro atoms. The number of ether oxygens (including phenoxy) is 1. The summed E-state index contributed by atoms with van der Waals surface area (Å²) >= 11 is 0. The minimum atomic E-state index is -0.343. The third-order valence-electron chi connectivity index (χ3n) is 6.41. The van der Waals surface area contributed by atoms with Crippen LogP contribution in [0.25, 0.3) is 16.7 Å². The van der Waals surface area contributed by atoms with E-state index in [2.05, 4.69) is 27.1 Å². The quantitative estimate of drug-likeness (QED) is 0.531. The van der Waals surface area contributed by atoms with Crippen LogP contribution >= 0.6 is 0 Å². The van der Waals surface area contributed by atoms with Crippen molar-refractivity contribution in [3.63, 3.8) is 0 Å². The Bertz CT molecular complexity index is 1360. The highest BCUT2D eigenvalue weighted by molar-refractivity contribution is 6.04. The average Bonchev–Trinajstić information content (AvgIpc) is 3.43. The highest BCUT2D eigenvalue weighted by atomic mass is 16.5. The molecule has 2 aliphatic rings. The van der Waals surface area contributed by atoms with Gasteiger partial charge in [-0.15, -0.1) is 0 Å². The molecule has 0 unspecified atom stereocenters. The molecule has 6 heterocycles. The first-order valence-corrected chi connectivity index (χ1v) is 10.7. The number of furan rings is 1. The van der Waals surface area contributed by atoms with E-state index >= 15 is 0 Å². The summed E-state index contributed by atoms with van der Waals surface area (Å²) in [6, 6.07) is 7.84. The van der Waals surface area contributed by atoms with Crippen molar-refractivity contribution in [1.82, 2.24) is 19.3 Å². The fraction of sp³-hybridized carbons (Fsp3) is 0.348. The molecule has 0 aromatic carbocycles. The number of methoxy groups -OCH3 is 1. The summed E-state index contributed by atoms with van der Waals surface area (Å²) in [5, 5.41) is 2.89. The Morgan fingerprint density at radius 2 is 2.06 bits per heavy atom. The lowest BCUT2D eigenvalue weighted by molar-refractivity contribution is 0.0998. The van der Waals surface area contributed by atoms with Crippen LogP contribution in [0.15, 0.2) is 41.1 Å². The van der Waals surface area contributed by atoms with Gasteiger partial charge in [0.2, 0.25) is 0 Å². The number of hydrogen-bond acceptors (Lipinski definition) is 7. The normalized spacial score (nSPS) is 20.5. The zero-order chi connectivity index (χ0) is 22.0. The van der Waals surface area contributed by atoms with Gasteiger partial charge in [-0.1, -0.05) is 0 Å². The number of nitrogens with zero attached hydrogens (tertiary/aromatic N) is 5. The highest BCUT2D eigenvalue weighted by Crippen LogP contribution is 2.36. The molecule has 6 rings (SSSR count). The summed E-state index contributed by atoms with van der Waals surface area (Å²) in [5.41, 5.74) is 3.43. The van der Waals surface area contributed by atoms with E-state index in [1.54, 1.807) is 25.4 Å². The molecule has 1 amide bonds. The van der Waals surface area contributed by atoms with E-state index < -0.39 is 0 Å². The molecule has 0 aliphatic carbocycles. The molecule has 4 aromatic heterocycles. The number of carbonyl (C=O) groups excluding carboxylic acids is 1. The zero-order valence-corrected chi connectivity index (χ0v) is 18.2. The van der Waals surface area contributed by atoms with Crippen molar-refractivity contribution in [2.75, 3.05) is 44.0 Å². The number of nitrogens with one attached hydrogen (secondary N) is 1. The van der Waals surface area contributed by atoms with Crippen LogP contribution in [0.4, 0.5) is 11.5 Å². The topological polar surface area (TPSA) is 88.1 Å². The van der Waals surface area contributed by atoms with E-state index in [1.807, 2.05) is 29.7 Å². The summed E-state index contributed by atoms with van der Waals surface area (Å²) in [4.78, 5) is 26.8. The Labute approximate surface area is 184 Å². The van der Waals surface area contributed by atoms with Crippen LogP contribution in [0, 0.1) is 12.8 Å². The number of carbonyl (C=O) groups is 1. The molecule has 2 fully saturated rings. The minimum Gasteiger partial charge on any atom is -0.493 e. The molecular formula is C23H24N6O3. The van der Waals surface area contributed by atoms with E-state index in [-0.39, 0.29) is 11.7 Å². The minimum absolute atomic E-state index is 0.215. The van der Waals surface area contributed by atoms with Crippen molar-refractivity contribution < 1.29 is 13.9 Å². The van der Waals surface area contributed by atoms with Crippen LogP contribution in [0.1, 0.15) is 16.2 Å². The summed E-state index contributed by atoms with van der Waals surface area (Å²) in [7, 11) is 3.74. The van der Waals surface area contributed by atoms with E-state index in [0.717, 1.165) is 37.1 Å². The highest BCUT2D eigenvalue weighted by Gasteiger charge is 2.45. The Morgan fingerprint density at radius 1 is 1.19 bits per heavy atom. The molecule has 0 bridgehead atoms. The second-order valence-corrected chi connectivity index (χ2v) is 8.73. The molecule has 4 aromatic rings. The van der Waals surface area contributed by atoms with Gasteiger partial charge in [0, 0.05) is 56.1 Å². The molecule has 0 radical (unpaired) electrons. The average molecular weight is 432 g/mol. The molecule has 2 atom stereocenters. The van der Waals surface area contributed by atoms with Gasteiger partial charge in [-0.25, -0.2) is 9.97 Å². The number of aryl methyl sites for hydroxylation is 1. The molecule has 0 saturated carbocycles. The SMILES string of the molecule is COc1cc(NC(=O)c2cc3nc(N4C[C@H]5CN(C)C[C@H]54)ccc3o2)cn2cc(C)nc12. The monoisotopic (exact) mass is 432 g/mol. The Hall–Kier alpha value is -3.59. The number of anilines is 2. The number of imidazole rings is 1. The molecule has 32 heavy (non-hydrogen) atoms. The summed E-state index contributed by atoms with van der Waals surface area (Å²) in [6.45, 7) is 5.14. The number of likely N-dealkylation sites (tertiary alicyclic amines) is 1. The first-order valence-electron chi connectivity index (χ1n) is 10.7. The van der Waals surface area contributed by atoms with Gasteiger partial charge < -0.3 is 28.7 Å². The predicted molar refractivity (Wildman–Crippen MR) is 121 cm³/mol. The smallest absolute Gasteiger partial charge is 0.291 e. The molecule has 2 saturated heterocycles. The molecule has 9 nitrogen and oxygen atoms in total. The van der Waals surface area contributed by atoms with Gasteiger partial charge in [0.05, 0.1) is 18.5 Å². The molecular weight excluding hydrogens is 408 g/mol. The van der Waals surface area contributed by atoms with Gasteiger partial charge in [0.15, 0.2) is 22.7 Å².